The average Bonchev–Trinajstić information content (AvgIpc) is 2.47. The maximum Gasteiger partial charge on any atom is 0.260 e. The van der Waals surface area contributed by atoms with Crippen LogP contribution in [0.25, 0.3) is 0 Å². The Kier molecular flexibility index (Phi) is 4.73. The van der Waals surface area contributed by atoms with Crippen LogP contribution in [0.4, 0.5) is 0 Å². The van der Waals surface area contributed by atoms with E-state index in [1.807, 2.05) is 30.0 Å². The summed E-state index contributed by atoms with van der Waals surface area (Å²) in [5.74, 6) is 1.23. The highest BCUT2D eigenvalue weighted by atomic mass is 16.5. The van der Waals surface area contributed by atoms with Gasteiger partial charge in [-0.2, -0.15) is 0 Å². The summed E-state index contributed by atoms with van der Waals surface area (Å²) in [6.07, 6.45) is 0. The highest BCUT2D eigenvalue weighted by molar-refractivity contribution is 5.78. The van der Waals surface area contributed by atoms with Crippen LogP contribution in [0.1, 0.15) is 20.8 Å². The number of hydrogen-bond acceptors (Lipinski definition) is 4. The number of piperazine rings is 1. The molecule has 5 nitrogen and oxygen atoms in total. The minimum absolute atomic E-state index is 0.00276. The van der Waals surface area contributed by atoms with Crippen molar-refractivity contribution in [2.75, 3.05) is 26.8 Å². The van der Waals surface area contributed by atoms with Crippen molar-refractivity contribution in [3.05, 3.63) is 24.3 Å². The number of benzene rings is 1. The molecular formula is C16H24N2O3. The second-order valence-corrected chi connectivity index (χ2v) is 6.07. The maximum absolute atomic E-state index is 12.4. The van der Waals surface area contributed by atoms with Crippen LogP contribution in [0.15, 0.2) is 24.3 Å². The summed E-state index contributed by atoms with van der Waals surface area (Å²) in [4.78, 5) is 14.3. The summed E-state index contributed by atoms with van der Waals surface area (Å²) in [6.45, 7) is 7.75. The van der Waals surface area contributed by atoms with Crippen LogP contribution in [-0.4, -0.2) is 49.2 Å². The second kappa shape index (κ2) is 6.35. The number of ether oxygens (including phenoxy) is 2. The third kappa shape index (κ3) is 3.88. The Bertz CT molecular complexity index is 502. The number of nitrogens with zero attached hydrogens (tertiary/aromatic N) is 1. The maximum atomic E-state index is 12.4. The first-order chi connectivity index (χ1) is 9.93. The van der Waals surface area contributed by atoms with Crippen molar-refractivity contribution in [1.82, 2.24) is 10.2 Å². The molecule has 0 saturated carbocycles. The molecule has 1 heterocycles. The van der Waals surface area contributed by atoms with Crippen molar-refractivity contribution in [1.29, 1.82) is 0 Å². The molecule has 0 aliphatic carbocycles. The van der Waals surface area contributed by atoms with Gasteiger partial charge in [-0.3, -0.25) is 4.79 Å². The first kappa shape index (κ1) is 15.6. The Morgan fingerprint density at radius 1 is 1.38 bits per heavy atom. The highest BCUT2D eigenvalue weighted by Gasteiger charge is 2.33. The van der Waals surface area contributed by atoms with E-state index in [0.717, 1.165) is 6.54 Å². The van der Waals surface area contributed by atoms with E-state index in [4.69, 9.17) is 9.47 Å². The molecule has 1 saturated heterocycles. The predicted octanol–water partition coefficient (Wildman–Crippen LogP) is 1.67. The molecule has 1 aromatic carbocycles. The Balaban J connectivity index is 1.98. The molecule has 0 bridgehead atoms. The third-order valence-corrected chi connectivity index (χ3v) is 3.71. The molecule has 0 radical (unpaired) electrons. The number of nitrogens with one attached hydrogen (secondary N) is 1. The Morgan fingerprint density at radius 3 is 2.71 bits per heavy atom. The molecule has 1 atom stereocenters. The normalized spacial score (nSPS) is 21.0. The molecule has 116 valence electrons. The van der Waals surface area contributed by atoms with Crippen LogP contribution < -0.4 is 14.8 Å². The summed E-state index contributed by atoms with van der Waals surface area (Å²) in [6, 6.07) is 7.52. The number of amides is 1. The van der Waals surface area contributed by atoms with Crippen molar-refractivity contribution in [3.8, 4) is 11.5 Å². The number of hydrogen-bond donors (Lipinski definition) is 1. The van der Waals surface area contributed by atoms with E-state index in [0.29, 0.717) is 18.0 Å². The van der Waals surface area contributed by atoms with Gasteiger partial charge in [-0.25, -0.2) is 0 Å². The van der Waals surface area contributed by atoms with E-state index in [2.05, 4.69) is 19.2 Å². The van der Waals surface area contributed by atoms with Crippen LogP contribution in [0.3, 0.4) is 0 Å². The van der Waals surface area contributed by atoms with Crippen LogP contribution in [0, 0.1) is 0 Å². The zero-order chi connectivity index (χ0) is 15.5. The van der Waals surface area contributed by atoms with Gasteiger partial charge in [-0.1, -0.05) is 12.1 Å². The van der Waals surface area contributed by atoms with E-state index in [1.54, 1.807) is 13.2 Å². The quantitative estimate of drug-likeness (QED) is 0.917. The van der Waals surface area contributed by atoms with Crippen LogP contribution in [-0.2, 0) is 4.79 Å². The summed E-state index contributed by atoms with van der Waals surface area (Å²) >= 11 is 0. The zero-order valence-corrected chi connectivity index (χ0v) is 13.2. The van der Waals surface area contributed by atoms with Gasteiger partial charge in [0, 0.05) is 24.7 Å². The SMILES string of the molecule is COc1ccccc1OCC(=O)N1CC(C)(C)NCC1C. The van der Waals surface area contributed by atoms with Crippen molar-refractivity contribution in [2.24, 2.45) is 0 Å². The summed E-state index contributed by atoms with van der Waals surface area (Å²) in [5.41, 5.74) is -0.0629. The molecule has 21 heavy (non-hydrogen) atoms. The fourth-order valence-corrected chi connectivity index (χ4v) is 2.47. The summed E-state index contributed by atoms with van der Waals surface area (Å²) < 4.78 is 10.8. The van der Waals surface area contributed by atoms with Crippen molar-refractivity contribution >= 4 is 5.91 Å². The Morgan fingerprint density at radius 2 is 2.05 bits per heavy atom. The van der Waals surface area contributed by atoms with E-state index >= 15 is 0 Å². The lowest BCUT2D eigenvalue weighted by Gasteiger charge is -2.43. The van der Waals surface area contributed by atoms with E-state index in [-0.39, 0.29) is 24.1 Å². The van der Waals surface area contributed by atoms with Crippen LogP contribution in [0.2, 0.25) is 0 Å². The van der Waals surface area contributed by atoms with Gasteiger partial charge in [0.05, 0.1) is 7.11 Å². The molecule has 1 N–H and O–H groups in total. The van der Waals surface area contributed by atoms with Gasteiger partial charge in [-0.15, -0.1) is 0 Å². The van der Waals surface area contributed by atoms with Crippen LogP contribution >= 0.6 is 0 Å². The topological polar surface area (TPSA) is 50.8 Å². The Hall–Kier alpha value is -1.75. The van der Waals surface area contributed by atoms with Gasteiger partial charge < -0.3 is 19.7 Å². The summed E-state index contributed by atoms with van der Waals surface area (Å²) in [7, 11) is 1.59. The first-order valence-electron chi connectivity index (χ1n) is 7.23. The van der Waals surface area contributed by atoms with Gasteiger partial charge >= 0.3 is 0 Å². The first-order valence-corrected chi connectivity index (χ1v) is 7.23. The van der Waals surface area contributed by atoms with Gasteiger partial charge in [-0.05, 0) is 32.9 Å². The molecule has 1 fully saturated rings. The number of rotatable bonds is 4. The van der Waals surface area contributed by atoms with E-state index in [9.17, 15) is 4.79 Å². The smallest absolute Gasteiger partial charge is 0.260 e. The minimum Gasteiger partial charge on any atom is -0.493 e. The van der Waals surface area contributed by atoms with Crippen molar-refractivity contribution < 1.29 is 14.3 Å². The lowest BCUT2D eigenvalue weighted by atomic mass is 9.99. The molecule has 1 aliphatic heterocycles. The molecule has 5 heteroatoms. The largest absolute Gasteiger partial charge is 0.493 e. The zero-order valence-electron chi connectivity index (χ0n) is 13.2. The lowest BCUT2D eigenvalue weighted by molar-refractivity contribution is -0.138. The monoisotopic (exact) mass is 292 g/mol. The van der Waals surface area contributed by atoms with Crippen molar-refractivity contribution in [2.45, 2.75) is 32.4 Å². The second-order valence-electron chi connectivity index (χ2n) is 6.07. The Labute approximate surface area is 126 Å². The molecule has 1 aromatic rings. The van der Waals surface area contributed by atoms with Crippen molar-refractivity contribution in [3.63, 3.8) is 0 Å². The number of para-hydroxylation sites is 2. The van der Waals surface area contributed by atoms with Gasteiger partial charge in [0.15, 0.2) is 18.1 Å². The fourth-order valence-electron chi connectivity index (χ4n) is 2.47. The van der Waals surface area contributed by atoms with Gasteiger partial charge in [0.2, 0.25) is 0 Å². The lowest BCUT2D eigenvalue weighted by Crippen LogP contribution is -2.62. The third-order valence-electron chi connectivity index (χ3n) is 3.71. The summed E-state index contributed by atoms with van der Waals surface area (Å²) in [5, 5.41) is 3.43. The molecule has 1 amide bonds. The van der Waals surface area contributed by atoms with Crippen LogP contribution in [0.5, 0.6) is 11.5 Å². The molecule has 0 spiro atoms. The fraction of sp³-hybridized carbons (Fsp3) is 0.562. The van der Waals surface area contributed by atoms with E-state index < -0.39 is 0 Å². The van der Waals surface area contributed by atoms with Gasteiger partial charge in [0.25, 0.3) is 5.91 Å². The molecular weight excluding hydrogens is 268 g/mol. The molecule has 1 aliphatic rings. The standard InChI is InChI=1S/C16H24N2O3/c1-12-9-17-16(2,3)11-18(12)15(19)10-21-14-8-6-5-7-13(14)20-4/h5-8,12,17H,9-11H2,1-4H3. The number of methoxy groups -OCH3 is 1. The average molecular weight is 292 g/mol. The highest BCUT2D eigenvalue weighted by Crippen LogP contribution is 2.26. The molecule has 1 unspecified atom stereocenters. The molecule has 0 aromatic heterocycles. The number of carbonyl (C=O) groups excluding carboxylic acids is 1. The minimum atomic E-state index is -0.0629. The molecule has 2 rings (SSSR count). The van der Waals surface area contributed by atoms with Gasteiger partial charge in [0.1, 0.15) is 0 Å². The predicted molar refractivity (Wildman–Crippen MR) is 81.7 cm³/mol. The number of carbonyl (C=O) groups is 1. The van der Waals surface area contributed by atoms with E-state index in [1.165, 1.54) is 0 Å².